The molecule has 1 aromatic rings. The first-order chi connectivity index (χ1) is 12.1. The molecule has 0 aliphatic rings. The molecule has 3 heteroatoms. The summed E-state index contributed by atoms with van der Waals surface area (Å²) in [6.07, 6.45) is 12.4. The number of aliphatic hydroxyl groups excluding tert-OH is 1. The third-order valence-electron chi connectivity index (χ3n) is 5.54. The molecule has 144 valence electrons. The molecule has 0 amide bonds. The van der Waals surface area contributed by atoms with E-state index in [0.717, 1.165) is 19.3 Å². The summed E-state index contributed by atoms with van der Waals surface area (Å²) in [5.41, 5.74) is 1.24. The van der Waals surface area contributed by atoms with Gasteiger partial charge in [0.1, 0.15) is 0 Å². The predicted octanol–water partition coefficient (Wildman–Crippen LogP) is 5.84. The zero-order valence-corrected chi connectivity index (χ0v) is 20.0. The molecule has 0 spiro atoms. The van der Waals surface area contributed by atoms with Crippen LogP contribution in [0.4, 0.5) is 0 Å². The Kier molecular flexibility index (Phi) is 12.1. The fourth-order valence-corrected chi connectivity index (χ4v) is 20.8. The van der Waals surface area contributed by atoms with Crippen molar-refractivity contribution in [1.29, 1.82) is 0 Å². The average molecular weight is 454 g/mol. The van der Waals surface area contributed by atoms with E-state index < -0.39 is 18.4 Å². The minimum absolute atomic E-state index is 0.230. The molecule has 0 fully saturated rings. The predicted molar refractivity (Wildman–Crippen MR) is 113 cm³/mol. The van der Waals surface area contributed by atoms with Gasteiger partial charge in [-0.1, -0.05) is 0 Å². The molecule has 25 heavy (non-hydrogen) atoms. The summed E-state index contributed by atoms with van der Waals surface area (Å²) >= 11 is -2.46. The number of aromatic nitrogens is 1. The monoisotopic (exact) mass is 455 g/mol. The molecular weight excluding hydrogens is 413 g/mol. The molecule has 0 aromatic carbocycles. The number of rotatable bonds is 14. The van der Waals surface area contributed by atoms with Crippen LogP contribution < -0.4 is 3.58 Å². The summed E-state index contributed by atoms with van der Waals surface area (Å²) in [6, 6.07) is 4.55. The van der Waals surface area contributed by atoms with Gasteiger partial charge in [0.25, 0.3) is 0 Å². The van der Waals surface area contributed by atoms with Gasteiger partial charge in [-0.25, -0.2) is 0 Å². The van der Waals surface area contributed by atoms with Gasteiger partial charge in [-0.05, 0) is 0 Å². The Morgan fingerprint density at radius 1 is 0.920 bits per heavy atom. The second kappa shape index (κ2) is 13.1. The summed E-state index contributed by atoms with van der Waals surface area (Å²) in [6.45, 7) is 9.12. The van der Waals surface area contributed by atoms with Gasteiger partial charge in [-0.2, -0.15) is 0 Å². The number of nitrogens with zero attached hydrogens (tertiary/aromatic N) is 1. The first kappa shape index (κ1) is 22.9. The van der Waals surface area contributed by atoms with E-state index in [-0.39, 0.29) is 6.10 Å². The maximum absolute atomic E-state index is 10.4. The molecule has 0 saturated heterocycles. The summed E-state index contributed by atoms with van der Waals surface area (Å²) in [7, 11) is 0. The van der Waals surface area contributed by atoms with E-state index in [2.05, 4.69) is 39.8 Å². The van der Waals surface area contributed by atoms with Crippen molar-refractivity contribution in [3.8, 4) is 0 Å². The topological polar surface area (TPSA) is 33.1 Å². The fourth-order valence-electron chi connectivity index (χ4n) is 4.07. The van der Waals surface area contributed by atoms with Gasteiger partial charge in [0.05, 0.1) is 0 Å². The normalized spacial score (nSPS) is 13.2. The van der Waals surface area contributed by atoms with E-state index in [1.54, 1.807) is 3.58 Å². The molecule has 1 unspecified atom stereocenters. The van der Waals surface area contributed by atoms with Crippen molar-refractivity contribution in [1.82, 2.24) is 4.98 Å². The van der Waals surface area contributed by atoms with Crippen LogP contribution in [0.1, 0.15) is 84.8 Å². The molecule has 1 heterocycles. The molecule has 2 nitrogen and oxygen atoms in total. The second-order valence-electron chi connectivity index (χ2n) is 7.74. The van der Waals surface area contributed by atoms with Crippen LogP contribution in [-0.4, -0.2) is 34.6 Å². The second-order valence-corrected chi connectivity index (χ2v) is 20.9. The van der Waals surface area contributed by atoms with Gasteiger partial charge in [0.2, 0.25) is 0 Å². The molecule has 0 bridgehead atoms. The number of hydrogen-bond donors (Lipinski definition) is 1. The third kappa shape index (κ3) is 7.58. The van der Waals surface area contributed by atoms with Crippen LogP contribution in [0.15, 0.2) is 18.3 Å². The zero-order chi connectivity index (χ0) is 18.5. The molecule has 1 rings (SSSR count). The maximum atomic E-state index is 10.4. The molecule has 1 N–H and O–H groups in total. The van der Waals surface area contributed by atoms with Crippen LogP contribution in [-0.2, 0) is 6.42 Å². The van der Waals surface area contributed by atoms with Crippen LogP contribution in [0.25, 0.3) is 0 Å². The van der Waals surface area contributed by atoms with Crippen LogP contribution in [0.5, 0.6) is 0 Å². The zero-order valence-electron chi connectivity index (χ0n) is 17.2. The first-order valence-corrected chi connectivity index (χ1v) is 18.2. The number of hydrogen-bond acceptors (Lipinski definition) is 2. The van der Waals surface area contributed by atoms with Crippen molar-refractivity contribution in [2.24, 2.45) is 0 Å². The Morgan fingerprint density at radius 3 is 1.96 bits per heavy atom. The summed E-state index contributed by atoms with van der Waals surface area (Å²) < 4.78 is 6.04. The van der Waals surface area contributed by atoms with Gasteiger partial charge >= 0.3 is 161 Å². The van der Waals surface area contributed by atoms with Crippen molar-refractivity contribution < 1.29 is 5.11 Å². The minimum atomic E-state index is -2.46. The molecule has 0 radical (unpaired) electrons. The van der Waals surface area contributed by atoms with Crippen molar-refractivity contribution in [3.05, 3.63) is 24.0 Å². The Bertz CT molecular complexity index is 441. The Balaban J connectivity index is 3.21. The Hall–Kier alpha value is -0.0913. The van der Waals surface area contributed by atoms with Crippen molar-refractivity contribution in [2.45, 2.75) is 105 Å². The first-order valence-electron chi connectivity index (χ1n) is 10.8. The summed E-state index contributed by atoms with van der Waals surface area (Å²) in [5.74, 6) is 0. The van der Waals surface area contributed by atoms with Gasteiger partial charge in [-0.15, -0.1) is 0 Å². The molecule has 0 saturated carbocycles. The van der Waals surface area contributed by atoms with Crippen molar-refractivity contribution in [3.63, 3.8) is 0 Å². The van der Waals surface area contributed by atoms with Gasteiger partial charge in [0, 0.05) is 0 Å². The number of pyridine rings is 1. The van der Waals surface area contributed by atoms with Crippen LogP contribution in [0, 0.1) is 0 Å². The molecule has 0 aliphatic heterocycles. The number of aliphatic hydroxyl groups is 1. The molecule has 1 aromatic heterocycles. The number of unbranched alkanes of at least 4 members (excludes halogenated alkanes) is 3. The Morgan fingerprint density at radius 2 is 1.48 bits per heavy atom. The summed E-state index contributed by atoms with van der Waals surface area (Å²) in [5, 5.41) is 10.4. The molecule has 0 aliphatic carbocycles. The molecule has 1 atom stereocenters. The van der Waals surface area contributed by atoms with E-state index in [0.29, 0.717) is 0 Å². The van der Waals surface area contributed by atoms with Gasteiger partial charge in [-0.3, -0.25) is 0 Å². The van der Waals surface area contributed by atoms with Crippen LogP contribution in [0.2, 0.25) is 13.3 Å². The average Bonchev–Trinajstić information content (AvgIpc) is 2.62. The third-order valence-corrected chi connectivity index (χ3v) is 21.3. The van der Waals surface area contributed by atoms with E-state index in [9.17, 15) is 5.11 Å². The summed E-state index contributed by atoms with van der Waals surface area (Å²) in [4.78, 5) is 4.78. The van der Waals surface area contributed by atoms with E-state index in [4.69, 9.17) is 4.98 Å². The van der Waals surface area contributed by atoms with Crippen LogP contribution in [0.3, 0.4) is 0 Å². The standard InChI is InChI=1S/C10H14NO.3C4H9.Sn/c1-2-5-10(12)8-9-6-3-4-7-11-9;3*1-3-4-2;/h3-4,7,10,12H,2,5,8H2,1H3;3*1,3-4H2,2H3;. The van der Waals surface area contributed by atoms with Gasteiger partial charge < -0.3 is 0 Å². The van der Waals surface area contributed by atoms with Crippen LogP contribution >= 0.6 is 0 Å². The fraction of sp³-hybridized carbons (Fsp3) is 0.773. The van der Waals surface area contributed by atoms with Crippen molar-refractivity contribution in [2.75, 3.05) is 0 Å². The van der Waals surface area contributed by atoms with E-state index in [1.165, 1.54) is 57.5 Å². The van der Waals surface area contributed by atoms with Gasteiger partial charge in [0.15, 0.2) is 0 Å². The van der Waals surface area contributed by atoms with E-state index in [1.807, 2.05) is 6.20 Å². The SMILES string of the molecule is CCC[CH2][Sn]([CH2]CCC)([CH2]CCC)[c]1cccnc1CC(O)CCC. The Labute approximate surface area is 160 Å². The van der Waals surface area contributed by atoms with Crippen molar-refractivity contribution >= 4 is 22.0 Å². The quantitative estimate of drug-likeness (QED) is 0.359. The molecular formula is C22H41NOSn. The van der Waals surface area contributed by atoms with E-state index >= 15 is 0 Å².